The summed E-state index contributed by atoms with van der Waals surface area (Å²) >= 11 is 0. The summed E-state index contributed by atoms with van der Waals surface area (Å²) in [6.45, 7) is 19.7. The summed E-state index contributed by atoms with van der Waals surface area (Å²) in [5, 5.41) is 0. The van der Waals surface area contributed by atoms with Gasteiger partial charge in [-0.2, -0.15) is 0 Å². The van der Waals surface area contributed by atoms with Crippen molar-refractivity contribution >= 4 is 7.91 Å². The second-order valence-electron chi connectivity index (χ2n) is 10.2. The predicted molar refractivity (Wildman–Crippen MR) is 117 cm³/mol. The van der Waals surface area contributed by atoms with Gasteiger partial charge in [0.1, 0.15) is 7.91 Å². The first-order valence-electron chi connectivity index (χ1n) is 11.6. The molecule has 2 aliphatic rings. The Morgan fingerprint density at radius 1 is 0.862 bits per heavy atom. The van der Waals surface area contributed by atoms with Crippen LogP contribution in [0.15, 0.2) is 0 Å². The highest BCUT2D eigenvalue weighted by molar-refractivity contribution is 7.42. The first-order chi connectivity index (χ1) is 13.2. The van der Waals surface area contributed by atoms with Crippen molar-refractivity contribution in [2.24, 2.45) is 11.8 Å². The van der Waals surface area contributed by atoms with Gasteiger partial charge in [0.15, 0.2) is 0 Å². The van der Waals surface area contributed by atoms with Crippen LogP contribution in [0.25, 0.3) is 0 Å². The number of nitrogens with zero attached hydrogens (tertiary/aromatic N) is 2. The maximum atomic E-state index is 10.1. The molecule has 0 aromatic rings. The van der Waals surface area contributed by atoms with E-state index in [0.29, 0.717) is 0 Å². The predicted octanol–water partition coefficient (Wildman–Crippen LogP) is 4.11. The standard InChI is InChI=1S/2C11H24N.FH2O3P/c2*1-5-8-12(4)9-6-7-11(12)10(2)3;1-5(2,3)4/h2*10-11H,5-9H2,1-4H3;(H2,2,3,4)/q2*+1;/p-2. The van der Waals surface area contributed by atoms with Crippen LogP contribution in [0.5, 0.6) is 0 Å². The Morgan fingerprint density at radius 2 is 1.14 bits per heavy atom. The number of rotatable bonds is 6. The molecule has 0 aromatic carbocycles. The molecule has 2 heterocycles. The maximum Gasteiger partial charge on any atom is 0.110 e. The fourth-order valence-electron chi connectivity index (χ4n) is 5.96. The van der Waals surface area contributed by atoms with Gasteiger partial charge in [-0.05, 0) is 12.8 Å². The van der Waals surface area contributed by atoms with Crippen LogP contribution >= 0.6 is 7.91 Å². The van der Waals surface area contributed by atoms with Crippen molar-refractivity contribution in [3.63, 3.8) is 0 Å². The molecule has 4 atom stereocenters. The summed E-state index contributed by atoms with van der Waals surface area (Å²) in [7, 11) is -0.748. The molecule has 0 N–H and O–H groups in total. The summed E-state index contributed by atoms with van der Waals surface area (Å²) in [4.78, 5) is 16.9. The van der Waals surface area contributed by atoms with E-state index in [2.05, 4.69) is 55.6 Å². The van der Waals surface area contributed by atoms with Crippen LogP contribution in [0.2, 0.25) is 0 Å². The Balaban J connectivity index is 0.000000442. The lowest BCUT2D eigenvalue weighted by atomic mass is 10.0. The summed E-state index contributed by atoms with van der Waals surface area (Å²) in [5.41, 5.74) is 0. The molecule has 0 aliphatic carbocycles. The number of halogens is 1. The van der Waals surface area contributed by atoms with Gasteiger partial charge in [0.2, 0.25) is 0 Å². The molecule has 5 nitrogen and oxygen atoms in total. The zero-order valence-electron chi connectivity index (χ0n) is 20.3. The van der Waals surface area contributed by atoms with Gasteiger partial charge in [0.25, 0.3) is 0 Å². The largest absolute Gasteiger partial charge is 0.786 e. The lowest BCUT2D eigenvalue weighted by molar-refractivity contribution is -0.924. The maximum absolute atomic E-state index is 10.1. The van der Waals surface area contributed by atoms with Crippen molar-refractivity contribution < 1.29 is 27.5 Å². The van der Waals surface area contributed by atoms with Gasteiger partial charge in [-0.25, -0.2) is 4.20 Å². The highest BCUT2D eigenvalue weighted by Crippen LogP contribution is 2.31. The molecular weight excluding hydrogens is 390 g/mol. The summed E-state index contributed by atoms with van der Waals surface area (Å²) in [6, 6.07) is 1.87. The molecule has 0 bridgehead atoms. The van der Waals surface area contributed by atoms with E-state index in [1.165, 1.54) is 73.7 Å². The molecule has 29 heavy (non-hydrogen) atoms. The Morgan fingerprint density at radius 3 is 1.34 bits per heavy atom. The second kappa shape index (κ2) is 12.8. The zero-order chi connectivity index (χ0) is 22.9. The van der Waals surface area contributed by atoms with Gasteiger partial charge in [0, 0.05) is 37.5 Å². The van der Waals surface area contributed by atoms with Crippen molar-refractivity contribution in [3.8, 4) is 0 Å². The molecule has 2 saturated heterocycles. The van der Waals surface area contributed by atoms with Crippen LogP contribution in [0, 0.1) is 11.8 Å². The van der Waals surface area contributed by atoms with Gasteiger partial charge in [0.05, 0.1) is 52.4 Å². The molecule has 176 valence electrons. The molecule has 0 saturated carbocycles. The average Bonchev–Trinajstić information content (AvgIpc) is 3.10. The first-order valence-corrected chi connectivity index (χ1v) is 13.0. The first kappa shape index (κ1) is 29.0. The Kier molecular flexibility index (Phi) is 12.8. The quantitative estimate of drug-likeness (QED) is 0.463. The van der Waals surface area contributed by atoms with E-state index < -0.39 is 7.91 Å². The third-order valence-electron chi connectivity index (χ3n) is 6.95. The normalized spacial score (nSPS) is 32.0. The summed E-state index contributed by atoms with van der Waals surface area (Å²) in [5.74, 6) is 1.73. The van der Waals surface area contributed by atoms with Gasteiger partial charge < -0.3 is 23.3 Å². The SMILES string of the molecule is CCC[N+]1(C)CCCC1C(C)C.CCC[N+]1(C)CCCC1C(C)C.O=P([O-])([O-])F. The lowest BCUT2D eigenvalue weighted by Gasteiger charge is -2.38. The molecule has 2 aliphatic heterocycles. The van der Waals surface area contributed by atoms with Gasteiger partial charge >= 0.3 is 0 Å². The highest BCUT2D eigenvalue weighted by atomic mass is 31.2. The van der Waals surface area contributed by atoms with Crippen LogP contribution in [0.1, 0.15) is 80.1 Å². The summed E-state index contributed by atoms with van der Waals surface area (Å²) in [6.07, 6.45) is 8.46. The fraction of sp³-hybridized carbons (Fsp3) is 1.00. The van der Waals surface area contributed by atoms with Crippen LogP contribution in [-0.4, -0.2) is 61.3 Å². The Hall–Kier alpha value is -0.0000000000000000555. The zero-order valence-corrected chi connectivity index (χ0v) is 21.2. The van der Waals surface area contributed by atoms with E-state index in [1.54, 1.807) is 0 Å². The third-order valence-corrected chi connectivity index (χ3v) is 6.95. The van der Waals surface area contributed by atoms with E-state index in [4.69, 9.17) is 14.4 Å². The average molecular weight is 439 g/mol. The van der Waals surface area contributed by atoms with Crippen LogP contribution < -0.4 is 9.79 Å². The molecule has 7 heteroatoms. The molecule has 0 aromatic heterocycles. The lowest BCUT2D eigenvalue weighted by Crippen LogP contribution is -2.50. The topological polar surface area (TPSA) is 63.2 Å². The van der Waals surface area contributed by atoms with E-state index in [0.717, 1.165) is 23.9 Å². The third kappa shape index (κ3) is 10.7. The minimum atomic E-state index is -5.64. The second-order valence-corrected chi connectivity index (χ2v) is 11.1. The number of hydrogen-bond acceptors (Lipinski definition) is 3. The van der Waals surface area contributed by atoms with Gasteiger partial charge in [-0.1, -0.05) is 41.5 Å². The minimum absolute atomic E-state index is 0.865. The van der Waals surface area contributed by atoms with E-state index in [1.807, 2.05) is 0 Å². The van der Waals surface area contributed by atoms with Crippen molar-refractivity contribution in [1.29, 1.82) is 0 Å². The van der Waals surface area contributed by atoms with E-state index >= 15 is 0 Å². The van der Waals surface area contributed by atoms with Crippen LogP contribution in [0.3, 0.4) is 0 Å². The Labute approximate surface area is 180 Å². The van der Waals surface area contributed by atoms with E-state index in [-0.39, 0.29) is 0 Å². The monoisotopic (exact) mass is 438 g/mol. The Bertz CT molecular complexity index is 458. The van der Waals surface area contributed by atoms with Crippen molar-refractivity contribution in [1.82, 2.24) is 0 Å². The molecule has 2 rings (SSSR count). The van der Waals surface area contributed by atoms with Crippen molar-refractivity contribution in [3.05, 3.63) is 0 Å². The highest BCUT2D eigenvalue weighted by Gasteiger charge is 2.39. The molecular formula is C22H48FN2O3P. The molecule has 0 amide bonds. The van der Waals surface area contributed by atoms with Gasteiger partial charge in [-0.3, -0.25) is 0 Å². The number of quaternary nitrogens is 2. The van der Waals surface area contributed by atoms with Crippen LogP contribution in [0.4, 0.5) is 4.20 Å². The van der Waals surface area contributed by atoms with E-state index in [9.17, 15) is 4.20 Å². The fourth-order valence-corrected chi connectivity index (χ4v) is 5.96. The summed E-state index contributed by atoms with van der Waals surface area (Å²) < 4.78 is 21.3. The molecule has 0 spiro atoms. The van der Waals surface area contributed by atoms with Crippen LogP contribution in [-0.2, 0) is 4.57 Å². The molecule has 0 radical (unpaired) electrons. The van der Waals surface area contributed by atoms with Crippen molar-refractivity contribution in [2.75, 3.05) is 40.3 Å². The van der Waals surface area contributed by atoms with Crippen molar-refractivity contribution in [2.45, 2.75) is 92.2 Å². The number of likely N-dealkylation sites (tertiary alicyclic amines) is 2. The molecule has 4 unspecified atom stereocenters. The smallest absolute Gasteiger partial charge is 0.110 e. The molecule has 2 fully saturated rings. The van der Waals surface area contributed by atoms with Gasteiger partial charge in [-0.15, -0.1) is 0 Å². The number of hydrogen-bond donors (Lipinski definition) is 0. The minimum Gasteiger partial charge on any atom is -0.786 e.